The maximum absolute atomic E-state index is 11.8. The van der Waals surface area contributed by atoms with Gasteiger partial charge in [-0.25, -0.2) is 4.79 Å². The van der Waals surface area contributed by atoms with Crippen molar-refractivity contribution in [3.63, 3.8) is 0 Å². The number of nitrogens with zero attached hydrogens (tertiary/aromatic N) is 1. The number of hydrogen-bond donors (Lipinski definition) is 3. The first-order valence-corrected chi connectivity index (χ1v) is 8.08. The molecule has 0 saturated heterocycles. The van der Waals surface area contributed by atoms with E-state index in [1.54, 1.807) is 20.8 Å². The van der Waals surface area contributed by atoms with Crippen LogP contribution in [0.1, 0.15) is 38.2 Å². The molecule has 1 rings (SSSR count). The Labute approximate surface area is 155 Å². The molecule has 0 fully saturated rings. The highest BCUT2D eigenvalue weighted by Gasteiger charge is 2.22. The lowest BCUT2D eigenvalue weighted by molar-refractivity contribution is -0.153. The summed E-state index contributed by atoms with van der Waals surface area (Å²) in [6.07, 6.45) is 0.138. The predicted octanol–water partition coefficient (Wildman–Crippen LogP) is 1.02. The highest BCUT2D eigenvalue weighted by molar-refractivity contribution is 6.30. The molecule has 0 aliphatic rings. The second-order valence-electron chi connectivity index (χ2n) is 6.37. The van der Waals surface area contributed by atoms with Crippen molar-refractivity contribution in [2.45, 2.75) is 39.3 Å². The molecule has 10 heteroatoms. The molecule has 3 N–H and O–H groups in total. The van der Waals surface area contributed by atoms with Gasteiger partial charge in [-0.1, -0.05) is 11.6 Å². The first kappa shape index (κ1) is 21.4. The number of rotatable bonds is 5. The summed E-state index contributed by atoms with van der Waals surface area (Å²) in [5.74, 6) is -2.26. The highest BCUT2D eigenvalue weighted by Crippen LogP contribution is 2.07. The first-order chi connectivity index (χ1) is 12.0. The molecule has 9 nitrogen and oxygen atoms in total. The lowest BCUT2D eigenvalue weighted by Crippen LogP contribution is -2.50. The quantitative estimate of drug-likeness (QED) is 0.650. The smallest absolute Gasteiger partial charge is 0.326 e. The summed E-state index contributed by atoms with van der Waals surface area (Å²) in [5.41, 5.74) is -0.488. The number of ether oxygens (including phenoxy) is 1. The Morgan fingerprint density at radius 1 is 1.27 bits per heavy atom. The molecule has 1 atom stereocenters. The van der Waals surface area contributed by atoms with Gasteiger partial charge in [0.25, 0.3) is 11.8 Å². The largest absolute Gasteiger partial charge is 0.451 e. The van der Waals surface area contributed by atoms with Crippen molar-refractivity contribution in [2.75, 3.05) is 6.54 Å². The standard InChI is InChI=1S/C16H21ClN4O5/c1-9(13(23)20-15(25)21-16(2,3)4)26-12(22)8-19-14(24)11-7-10(17)5-6-18-11/h5-7,9H,8H2,1-4H3,(H,19,24)(H2,20,21,23,25)/t9-/m1/s1. The molecular weight excluding hydrogens is 364 g/mol. The fourth-order valence-electron chi connectivity index (χ4n) is 1.65. The molecule has 1 heterocycles. The number of carbonyl (C=O) groups excluding carboxylic acids is 4. The summed E-state index contributed by atoms with van der Waals surface area (Å²) >= 11 is 5.75. The summed E-state index contributed by atoms with van der Waals surface area (Å²) in [4.78, 5) is 50.8. The number of amides is 4. The maximum Gasteiger partial charge on any atom is 0.326 e. The first-order valence-electron chi connectivity index (χ1n) is 7.70. The van der Waals surface area contributed by atoms with Gasteiger partial charge in [0.15, 0.2) is 6.10 Å². The Morgan fingerprint density at radius 2 is 1.92 bits per heavy atom. The van der Waals surface area contributed by atoms with Gasteiger partial charge in [-0.3, -0.25) is 24.7 Å². The van der Waals surface area contributed by atoms with Gasteiger partial charge in [0, 0.05) is 16.8 Å². The molecular formula is C16H21ClN4O5. The molecule has 142 valence electrons. The van der Waals surface area contributed by atoms with Crippen LogP contribution in [-0.4, -0.2) is 47.0 Å². The SMILES string of the molecule is C[C@@H](OC(=O)CNC(=O)c1cc(Cl)ccn1)C(=O)NC(=O)NC(C)(C)C. The third-order valence-electron chi connectivity index (χ3n) is 2.75. The van der Waals surface area contributed by atoms with E-state index in [1.807, 2.05) is 0 Å². The Bertz CT molecular complexity index is 702. The molecule has 26 heavy (non-hydrogen) atoms. The lowest BCUT2D eigenvalue weighted by Gasteiger charge is -2.21. The molecule has 0 aromatic carbocycles. The van der Waals surface area contributed by atoms with E-state index in [9.17, 15) is 19.2 Å². The molecule has 0 unspecified atom stereocenters. The van der Waals surface area contributed by atoms with Crippen molar-refractivity contribution >= 4 is 35.4 Å². The molecule has 0 aliphatic carbocycles. The van der Waals surface area contributed by atoms with E-state index in [4.69, 9.17) is 16.3 Å². The minimum Gasteiger partial charge on any atom is -0.451 e. The summed E-state index contributed by atoms with van der Waals surface area (Å²) in [6.45, 7) is 6.07. The number of halogens is 1. The number of urea groups is 1. The molecule has 1 aromatic rings. The average Bonchev–Trinajstić information content (AvgIpc) is 2.50. The minimum atomic E-state index is -1.21. The third-order valence-corrected chi connectivity index (χ3v) is 2.99. The van der Waals surface area contributed by atoms with Crippen molar-refractivity contribution < 1.29 is 23.9 Å². The van der Waals surface area contributed by atoms with Gasteiger partial charge in [-0.2, -0.15) is 0 Å². The van der Waals surface area contributed by atoms with Gasteiger partial charge in [0.05, 0.1) is 0 Å². The second-order valence-corrected chi connectivity index (χ2v) is 6.80. The van der Waals surface area contributed by atoms with Crippen LogP contribution >= 0.6 is 11.6 Å². The van der Waals surface area contributed by atoms with Crippen LogP contribution in [0.25, 0.3) is 0 Å². The van der Waals surface area contributed by atoms with Crippen molar-refractivity contribution in [3.8, 4) is 0 Å². The highest BCUT2D eigenvalue weighted by atomic mass is 35.5. The zero-order chi connectivity index (χ0) is 19.9. The molecule has 0 aliphatic heterocycles. The van der Waals surface area contributed by atoms with Crippen molar-refractivity contribution in [3.05, 3.63) is 29.0 Å². The minimum absolute atomic E-state index is 0.0370. The topological polar surface area (TPSA) is 126 Å². The van der Waals surface area contributed by atoms with Gasteiger partial charge in [-0.05, 0) is 39.8 Å². The summed E-state index contributed by atoms with van der Waals surface area (Å²) in [5, 5.41) is 7.22. The number of carbonyl (C=O) groups is 4. The summed E-state index contributed by atoms with van der Waals surface area (Å²) in [6, 6.07) is 2.14. The van der Waals surface area contributed by atoms with Crippen molar-refractivity contribution in [2.24, 2.45) is 0 Å². The van der Waals surface area contributed by atoms with Gasteiger partial charge in [-0.15, -0.1) is 0 Å². The van der Waals surface area contributed by atoms with Crippen LogP contribution in [0.4, 0.5) is 4.79 Å². The summed E-state index contributed by atoms with van der Waals surface area (Å²) < 4.78 is 4.86. The zero-order valence-electron chi connectivity index (χ0n) is 14.9. The van der Waals surface area contributed by atoms with Gasteiger partial charge < -0.3 is 15.4 Å². The Balaban J connectivity index is 2.43. The molecule has 0 bridgehead atoms. The van der Waals surface area contributed by atoms with E-state index in [1.165, 1.54) is 25.3 Å². The van der Waals surface area contributed by atoms with Crippen LogP contribution in [0.3, 0.4) is 0 Å². The van der Waals surface area contributed by atoms with Crippen LogP contribution in [0, 0.1) is 0 Å². The lowest BCUT2D eigenvalue weighted by atomic mass is 10.1. The van der Waals surface area contributed by atoms with Crippen LogP contribution in [0.5, 0.6) is 0 Å². The molecule has 1 aromatic heterocycles. The van der Waals surface area contributed by atoms with E-state index in [0.717, 1.165) is 0 Å². The monoisotopic (exact) mass is 384 g/mol. The Kier molecular flexibility index (Phi) is 7.51. The predicted molar refractivity (Wildman–Crippen MR) is 93.6 cm³/mol. The number of imide groups is 1. The number of pyridine rings is 1. The van der Waals surface area contributed by atoms with E-state index in [-0.39, 0.29) is 5.69 Å². The van der Waals surface area contributed by atoms with E-state index in [0.29, 0.717) is 5.02 Å². The van der Waals surface area contributed by atoms with Crippen molar-refractivity contribution in [1.29, 1.82) is 0 Å². The molecule has 0 spiro atoms. The average molecular weight is 385 g/mol. The van der Waals surface area contributed by atoms with Crippen molar-refractivity contribution in [1.82, 2.24) is 20.9 Å². The Hall–Kier alpha value is -2.68. The van der Waals surface area contributed by atoms with Crippen LogP contribution in [0.15, 0.2) is 18.3 Å². The Morgan fingerprint density at radius 3 is 2.50 bits per heavy atom. The van der Waals surface area contributed by atoms with Crippen LogP contribution in [-0.2, 0) is 14.3 Å². The number of nitrogens with one attached hydrogen (secondary N) is 3. The number of aromatic nitrogens is 1. The fraction of sp³-hybridized carbons (Fsp3) is 0.438. The summed E-state index contributed by atoms with van der Waals surface area (Å²) in [7, 11) is 0. The fourth-order valence-corrected chi connectivity index (χ4v) is 1.81. The van der Waals surface area contributed by atoms with Gasteiger partial charge in [0.2, 0.25) is 0 Å². The third kappa shape index (κ3) is 7.93. The van der Waals surface area contributed by atoms with E-state index in [2.05, 4.69) is 20.9 Å². The van der Waals surface area contributed by atoms with Gasteiger partial charge in [0.1, 0.15) is 12.2 Å². The number of hydrogen-bond acceptors (Lipinski definition) is 6. The molecule has 0 saturated carbocycles. The van der Waals surface area contributed by atoms with E-state index >= 15 is 0 Å². The number of esters is 1. The van der Waals surface area contributed by atoms with Crippen LogP contribution < -0.4 is 16.0 Å². The van der Waals surface area contributed by atoms with Crippen LogP contribution in [0.2, 0.25) is 5.02 Å². The normalized spacial score (nSPS) is 11.9. The van der Waals surface area contributed by atoms with E-state index < -0.39 is 42.0 Å². The zero-order valence-corrected chi connectivity index (χ0v) is 15.6. The molecule has 4 amide bonds. The molecule has 0 radical (unpaired) electrons. The maximum atomic E-state index is 11.8. The second kappa shape index (κ2) is 9.14. The van der Waals surface area contributed by atoms with Gasteiger partial charge >= 0.3 is 12.0 Å².